The topological polar surface area (TPSA) is 120 Å². The van der Waals surface area contributed by atoms with Crippen LogP contribution in [0.2, 0.25) is 0 Å². The lowest BCUT2D eigenvalue weighted by atomic mass is 9.98. The third kappa shape index (κ3) is 5.09. The average Bonchev–Trinajstić information content (AvgIpc) is 3.62. The van der Waals surface area contributed by atoms with E-state index in [0.717, 1.165) is 36.1 Å². The van der Waals surface area contributed by atoms with E-state index in [9.17, 15) is 14.3 Å². The molecule has 0 saturated carbocycles. The van der Waals surface area contributed by atoms with Gasteiger partial charge in [-0.3, -0.25) is 25.1 Å². The standard InChI is InChI=1S/C28H26FN7O3/c29-22-5-1-2-6-23(22)36-25(19-11-13-30-14-12-19)24(32-34-36)27-31-26(33-39-27)20-9-7-18(8-10-20)16-35-15-3-4-21(17-35)28(37)38/h1-2,5-14,21,32,34H,3-4,15-17H2,(H,37,38). The van der Waals surface area contributed by atoms with E-state index < -0.39 is 11.8 Å². The van der Waals surface area contributed by atoms with Crippen LogP contribution in [0.25, 0.3) is 22.8 Å². The Kier molecular flexibility index (Phi) is 6.74. The van der Waals surface area contributed by atoms with Crippen LogP contribution in [-0.2, 0) is 11.3 Å². The van der Waals surface area contributed by atoms with Gasteiger partial charge < -0.3 is 9.63 Å². The Hall–Kier alpha value is -4.61. The van der Waals surface area contributed by atoms with Crippen LogP contribution in [0.15, 0.2) is 77.6 Å². The van der Waals surface area contributed by atoms with Crippen molar-refractivity contribution in [3.63, 3.8) is 0 Å². The summed E-state index contributed by atoms with van der Waals surface area (Å²) >= 11 is 0. The molecule has 0 aliphatic carbocycles. The van der Waals surface area contributed by atoms with Crippen molar-refractivity contribution in [2.75, 3.05) is 18.1 Å². The van der Waals surface area contributed by atoms with Gasteiger partial charge in [-0.25, -0.2) is 4.39 Å². The van der Waals surface area contributed by atoms with E-state index in [2.05, 4.69) is 31.0 Å². The fourth-order valence-corrected chi connectivity index (χ4v) is 4.95. The van der Waals surface area contributed by atoms with Gasteiger partial charge in [-0.2, -0.15) is 4.98 Å². The Bertz CT molecular complexity index is 1510. The molecule has 3 N–H and O–H groups in total. The predicted molar refractivity (Wildman–Crippen MR) is 142 cm³/mol. The monoisotopic (exact) mass is 527 g/mol. The van der Waals surface area contributed by atoms with Gasteiger partial charge in [0, 0.05) is 36.6 Å². The lowest BCUT2D eigenvalue weighted by Crippen LogP contribution is -2.38. The number of carboxylic acids is 1. The maximum Gasteiger partial charge on any atom is 0.307 e. The minimum atomic E-state index is -0.728. The first-order valence-corrected chi connectivity index (χ1v) is 12.7. The molecule has 0 radical (unpaired) electrons. The van der Waals surface area contributed by atoms with Gasteiger partial charge in [-0.1, -0.05) is 41.6 Å². The SMILES string of the molecule is O=C(O)C1CCCN(Cc2ccc(-c3noc(C4=C(c5ccncc5)N(c5ccccc5F)NN4)n3)cc2)C1. The Morgan fingerprint density at radius 1 is 1.08 bits per heavy atom. The van der Waals surface area contributed by atoms with E-state index in [-0.39, 0.29) is 11.8 Å². The number of carboxylic acid groups (broad SMARTS) is 1. The number of benzene rings is 2. The number of aromatic nitrogens is 3. The number of hydrazine groups is 2. The summed E-state index contributed by atoms with van der Waals surface area (Å²) in [5.41, 5.74) is 10.1. The molecule has 10 nitrogen and oxygen atoms in total. The van der Waals surface area contributed by atoms with Gasteiger partial charge in [0.2, 0.25) is 5.82 Å². The van der Waals surface area contributed by atoms with Gasteiger partial charge in [-0.05, 0) is 49.2 Å². The number of para-hydroxylation sites is 1. The first kappa shape index (κ1) is 24.7. The number of pyridine rings is 1. The van der Waals surface area contributed by atoms with Gasteiger partial charge >= 0.3 is 5.97 Å². The molecule has 2 aromatic carbocycles. The number of likely N-dealkylation sites (tertiary alicyclic amines) is 1. The van der Waals surface area contributed by atoms with Crippen LogP contribution in [-0.4, -0.2) is 44.2 Å². The molecule has 39 heavy (non-hydrogen) atoms. The minimum absolute atomic E-state index is 0.236. The van der Waals surface area contributed by atoms with Gasteiger partial charge in [0.1, 0.15) is 11.5 Å². The molecule has 4 aromatic rings. The molecule has 2 aromatic heterocycles. The van der Waals surface area contributed by atoms with Crippen molar-refractivity contribution >= 4 is 23.1 Å². The summed E-state index contributed by atoms with van der Waals surface area (Å²) in [5, 5.41) is 15.1. The van der Waals surface area contributed by atoms with Crippen LogP contribution < -0.4 is 16.0 Å². The van der Waals surface area contributed by atoms with Crippen molar-refractivity contribution in [1.29, 1.82) is 0 Å². The molecule has 1 fully saturated rings. The van der Waals surface area contributed by atoms with Gasteiger partial charge in [0.25, 0.3) is 5.89 Å². The highest BCUT2D eigenvalue weighted by Crippen LogP contribution is 2.34. The van der Waals surface area contributed by atoms with Crippen LogP contribution in [0.5, 0.6) is 0 Å². The smallest absolute Gasteiger partial charge is 0.307 e. The highest BCUT2D eigenvalue weighted by Gasteiger charge is 2.31. The molecule has 0 amide bonds. The second kappa shape index (κ2) is 10.6. The predicted octanol–water partition coefficient (Wildman–Crippen LogP) is 3.92. The van der Waals surface area contributed by atoms with Crippen molar-refractivity contribution in [3.05, 3.63) is 95.9 Å². The number of hydrogen-bond acceptors (Lipinski definition) is 9. The number of anilines is 1. The van der Waals surface area contributed by atoms with Crippen LogP contribution in [0, 0.1) is 11.7 Å². The molecular weight excluding hydrogens is 501 g/mol. The van der Waals surface area contributed by atoms with Gasteiger partial charge in [0.05, 0.1) is 17.3 Å². The Labute approximate surface area is 223 Å². The molecule has 2 aliphatic heterocycles. The third-order valence-electron chi connectivity index (χ3n) is 6.91. The number of carbonyl (C=O) groups is 1. The van der Waals surface area contributed by atoms with Crippen LogP contribution >= 0.6 is 0 Å². The van der Waals surface area contributed by atoms with Gasteiger partial charge in [-0.15, -0.1) is 5.53 Å². The summed E-state index contributed by atoms with van der Waals surface area (Å²) in [7, 11) is 0. The van der Waals surface area contributed by atoms with Crippen molar-refractivity contribution in [2.45, 2.75) is 19.4 Å². The van der Waals surface area contributed by atoms with E-state index in [1.54, 1.807) is 35.6 Å². The number of nitrogens with zero attached hydrogens (tertiary/aromatic N) is 5. The van der Waals surface area contributed by atoms with Crippen molar-refractivity contribution in [2.24, 2.45) is 5.92 Å². The van der Waals surface area contributed by atoms with E-state index in [0.29, 0.717) is 36.0 Å². The Balaban J connectivity index is 1.26. The van der Waals surface area contributed by atoms with Gasteiger partial charge in [0.15, 0.2) is 0 Å². The van der Waals surface area contributed by atoms with E-state index in [1.807, 2.05) is 36.4 Å². The number of aliphatic carboxylic acids is 1. The van der Waals surface area contributed by atoms with E-state index in [4.69, 9.17) is 4.52 Å². The molecule has 4 heterocycles. The maximum absolute atomic E-state index is 14.7. The molecule has 11 heteroatoms. The first-order chi connectivity index (χ1) is 19.1. The highest BCUT2D eigenvalue weighted by atomic mass is 19.1. The Morgan fingerprint density at radius 2 is 1.87 bits per heavy atom. The number of hydrogen-bond donors (Lipinski definition) is 3. The second-order valence-corrected chi connectivity index (χ2v) is 9.52. The Morgan fingerprint density at radius 3 is 2.64 bits per heavy atom. The van der Waals surface area contributed by atoms with E-state index >= 15 is 0 Å². The van der Waals surface area contributed by atoms with Crippen LogP contribution in [0.4, 0.5) is 10.1 Å². The zero-order chi connectivity index (χ0) is 26.8. The normalized spacial score (nSPS) is 17.9. The average molecular weight is 528 g/mol. The van der Waals surface area contributed by atoms with Crippen molar-refractivity contribution < 1.29 is 18.8 Å². The first-order valence-electron chi connectivity index (χ1n) is 12.7. The molecule has 1 unspecified atom stereocenters. The molecular formula is C28H26FN7O3. The zero-order valence-corrected chi connectivity index (χ0v) is 20.9. The van der Waals surface area contributed by atoms with Crippen molar-refractivity contribution in [3.8, 4) is 11.4 Å². The fourth-order valence-electron chi connectivity index (χ4n) is 4.95. The number of rotatable bonds is 7. The van der Waals surface area contributed by atoms with Crippen LogP contribution in [0.1, 0.15) is 29.9 Å². The van der Waals surface area contributed by atoms with Crippen LogP contribution in [0.3, 0.4) is 0 Å². The maximum atomic E-state index is 14.7. The lowest BCUT2D eigenvalue weighted by molar-refractivity contribution is -0.143. The number of piperidine rings is 1. The summed E-state index contributed by atoms with van der Waals surface area (Å²) in [6.45, 7) is 2.13. The molecule has 198 valence electrons. The largest absolute Gasteiger partial charge is 0.481 e. The minimum Gasteiger partial charge on any atom is -0.481 e. The summed E-state index contributed by atoms with van der Waals surface area (Å²) in [4.78, 5) is 22.3. The molecule has 0 spiro atoms. The van der Waals surface area contributed by atoms with Crippen molar-refractivity contribution in [1.82, 2.24) is 31.0 Å². The highest BCUT2D eigenvalue weighted by molar-refractivity contribution is 5.96. The number of nitrogens with one attached hydrogen (secondary N) is 2. The molecule has 6 rings (SSSR count). The second-order valence-electron chi connectivity index (χ2n) is 9.52. The third-order valence-corrected chi connectivity index (χ3v) is 6.91. The fraction of sp³-hybridized carbons (Fsp3) is 0.214. The van der Waals surface area contributed by atoms with E-state index in [1.165, 1.54) is 6.07 Å². The molecule has 1 atom stereocenters. The quantitative estimate of drug-likeness (QED) is 0.326. The number of halogens is 1. The molecule has 1 saturated heterocycles. The lowest BCUT2D eigenvalue weighted by Gasteiger charge is -2.30. The summed E-state index contributed by atoms with van der Waals surface area (Å²) in [5.74, 6) is -0.786. The summed E-state index contributed by atoms with van der Waals surface area (Å²) < 4.78 is 20.3. The zero-order valence-electron chi connectivity index (χ0n) is 20.9. The molecule has 0 bridgehead atoms. The summed E-state index contributed by atoms with van der Waals surface area (Å²) in [6, 6.07) is 17.9. The summed E-state index contributed by atoms with van der Waals surface area (Å²) in [6.07, 6.45) is 4.93. The molecule has 2 aliphatic rings.